The van der Waals surface area contributed by atoms with Crippen LogP contribution < -0.4 is 0 Å². The Morgan fingerprint density at radius 3 is 0.443 bits per heavy atom. The van der Waals surface area contributed by atoms with Crippen molar-refractivity contribution in [1.29, 1.82) is 0 Å². The summed E-state index contributed by atoms with van der Waals surface area (Å²) >= 11 is 0. The van der Waals surface area contributed by atoms with Gasteiger partial charge >= 0.3 is 131 Å². The third-order valence-electron chi connectivity index (χ3n) is 7.78. The van der Waals surface area contributed by atoms with Gasteiger partial charge < -0.3 is 9.47 Å². The number of ether oxygens (including phenoxy) is 2. The Morgan fingerprint density at radius 1 is 0.200 bits per heavy atom. The van der Waals surface area contributed by atoms with Crippen LogP contribution in [0.2, 0.25) is 0 Å². The van der Waals surface area contributed by atoms with E-state index in [0.29, 0.717) is 0 Å². The highest BCUT2D eigenvalue weighted by molar-refractivity contribution is 5.91. The summed E-state index contributed by atoms with van der Waals surface area (Å²) in [5.74, 6) is -160. The maximum Gasteiger partial charge on any atom is 0.473 e. The number of carbonyl (C=O) groups is 2. The summed E-state index contributed by atoms with van der Waals surface area (Å²) in [7, 11) is 0. The SMILES string of the molecule is O=C(C=CC(=O)OC(F)(F)C(F)(F)C(F)(F)C(F)(F)C(F)(F)C(F)(F)C(F)(F)C(F)(F)C(F)(F)C(F)(F)F)OC(F)(F)C(F)(F)C(F)(F)C(F)(F)C(F)(F)C(F)(F)C(F)(F)C(F)(F)C(F)(F)C(F)(F)F. The molecule has 4 nitrogen and oxygen atoms in total. The van der Waals surface area contributed by atoms with Crippen molar-refractivity contribution in [2.75, 3.05) is 0 Å². The largest absolute Gasteiger partial charge is 0.473 e. The standard InChI is InChI=1S/C24H2F42O4/c25-5(26,9(33,34)13(41,42)17(49,50)21(57,58)59)7(29,30)11(37,38)15(45,46)19(53,54)23(63,64)69-3(67)1-2-4(68)70-24(65,66)20(55,56)16(47,48)12(39,40)8(31,32)6(27,28)10(35,36)14(43,44)18(51,52)22(60,61)62/h1-2H. The topological polar surface area (TPSA) is 52.6 Å². The molecule has 0 radical (unpaired) electrons. The molecule has 0 atom stereocenters. The van der Waals surface area contributed by atoms with Gasteiger partial charge in [-0.3, -0.25) is 0 Å². The van der Waals surface area contributed by atoms with E-state index in [0.717, 1.165) is 0 Å². The predicted molar refractivity (Wildman–Crippen MR) is 122 cm³/mol. The third kappa shape index (κ3) is 8.41. The Bertz CT molecular complexity index is 1820. The Kier molecular flexibility index (Phi) is 15.6. The molecule has 0 aliphatic heterocycles. The summed E-state index contributed by atoms with van der Waals surface area (Å²) in [6.07, 6.45) is -37.6. The number of esters is 2. The summed E-state index contributed by atoms with van der Waals surface area (Å²) < 4.78 is 565. The summed E-state index contributed by atoms with van der Waals surface area (Å²) in [5.41, 5.74) is 0. The van der Waals surface area contributed by atoms with Crippen LogP contribution in [0.5, 0.6) is 0 Å². The predicted octanol–water partition coefficient (Wildman–Crippen LogP) is 13.1. The fraction of sp³-hybridized carbons (Fsp3) is 0.833. The number of alkyl halides is 42. The Labute approximate surface area is 348 Å². The first-order valence-corrected chi connectivity index (χ1v) is 14.6. The third-order valence-corrected chi connectivity index (χ3v) is 7.78. The van der Waals surface area contributed by atoms with Gasteiger partial charge in [-0.2, -0.15) is 184 Å². The maximum absolute atomic E-state index is 13.9. The molecule has 0 aliphatic rings. The minimum absolute atomic E-state index is 1.71. The summed E-state index contributed by atoms with van der Waals surface area (Å²) in [4.78, 5) is 22.4. The van der Waals surface area contributed by atoms with Crippen molar-refractivity contribution in [2.45, 2.75) is 119 Å². The van der Waals surface area contributed by atoms with E-state index in [1.54, 1.807) is 9.47 Å². The highest BCUT2D eigenvalue weighted by atomic mass is 19.5. The first-order chi connectivity index (χ1) is 29.5. The van der Waals surface area contributed by atoms with Gasteiger partial charge in [-0.1, -0.05) is 0 Å². The van der Waals surface area contributed by atoms with Crippen molar-refractivity contribution in [1.82, 2.24) is 0 Å². The second-order valence-corrected chi connectivity index (χ2v) is 12.4. The zero-order chi connectivity index (χ0) is 58.0. The molecule has 0 spiro atoms. The summed E-state index contributed by atoms with van der Waals surface area (Å²) in [6.45, 7) is 0. The number of rotatable bonds is 20. The average molecular weight is 1150 g/mol. The van der Waals surface area contributed by atoms with Gasteiger partial charge in [0.15, 0.2) is 0 Å². The second-order valence-electron chi connectivity index (χ2n) is 12.4. The quantitative estimate of drug-likeness (QED) is 0.0693. The number of halogens is 42. The van der Waals surface area contributed by atoms with Gasteiger partial charge in [-0.05, 0) is 0 Å². The van der Waals surface area contributed by atoms with Crippen molar-refractivity contribution in [3.05, 3.63) is 12.2 Å². The van der Waals surface area contributed by atoms with Crippen LogP contribution in [0.15, 0.2) is 12.2 Å². The zero-order valence-corrected chi connectivity index (χ0v) is 29.7. The lowest BCUT2D eigenvalue weighted by atomic mass is 9.87. The van der Waals surface area contributed by atoms with Crippen LogP contribution in [0.4, 0.5) is 184 Å². The molecule has 0 rings (SSSR count). The van der Waals surface area contributed by atoms with Crippen LogP contribution in [0, 0.1) is 0 Å². The van der Waals surface area contributed by atoms with Gasteiger partial charge in [-0.15, -0.1) is 0 Å². The molecule has 0 N–H and O–H groups in total. The molecule has 0 saturated carbocycles. The highest BCUT2D eigenvalue weighted by Crippen LogP contribution is 2.68. The average Bonchev–Trinajstić information content (AvgIpc) is 3.11. The van der Waals surface area contributed by atoms with Gasteiger partial charge in [0.25, 0.3) is 0 Å². The molecule has 0 aromatic rings. The van der Waals surface area contributed by atoms with E-state index in [9.17, 15) is 194 Å². The number of hydrogen-bond donors (Lipinski definition) is 0. The maximum atomic E-state index is 13.9. The van der Waals surface area contributed by atoms with Crippen LogP contribution >= 0.6 is 0 Å². The van der Waals surface area contributed by atoms with Gasteiger partial charge in [0.05, 0.1) is 0 Å². The molecule has 70 heavy (non-hydrogen) atoms. The van der Waals surface area contributed by atoms with E-state index in [1.165, 1.54) is 0 Å². The monoisotopic (exact) mass is 1150 g/mol. The molecule has 0 aliphatic carbocycles. The van der Waals surface area contributed by atoms with Crippen LogP contribution in [-0.4, -0.2) is 131 Å². The molecule has 0 heterocycles. The molecule has 0 bridgehead atoms. The highest BCUT2D eigenvalue weighted by Gasteiger charge is 3.00. The van der Waals surface area contributed by atoms with Crippen LogP contribution in [0.25, 0.3) is 0 Å². The second kappa shape index (κ2) is 16.6. The van der Waals surface area contributed by atoms with Gasteiger partial charge in [0.2, 0.25) is 0 Å². The lowest BCUT2D eigenvalue weighted by Crippen LogP contribution is -2.77. The minimum atomic E-state index is -9.80. The van der Waals surface area contributed by atoms with E-state index < -0.39 is 143 Å². The molecule has 0 fully saturated rings. The fourth-order valence-electron chi connectivity index (χ4n) is 3.67. The fourth-order valence-corrected chi connectivity index (χ4v) is 3.67. The van der Waals surface area contributed by atoms with Crippen molar-refractivity contribution in [2.24, 2.45) is 0 Å². The summed E-state index contributed by atoms with van der Waals surface area (Å²) in [6, 6.07) is 0. The van der Waals surface area contributed by atoms with E-state index in [4.69, 9.17) is 0 Å². The molecular formula is C24H2F42O4. The molecule has 0 saturated heterocycles. The first-order valence-electron chi connectivity index (χ1n) is 14.6. The van der Waals surface area contributed by atoms with E-state index in [2.05, 4.69) is 0 Å². The van der Waals surface area contributed by atoms with Crippen LogP contribution in [0.1, 0.15) is 0 Å². The summed E-state index contributed by atoms with van der Waals surface area (Å²) in [5, 5.41) is 0. The van der Waals surface area contributed by atoms with Gasteiger partial charge in [0.1, 0.15) is 0 Å². The lowest BCUT2D eigenvalue weighted by molar-refractivity contribution is -0.482. The van der Waals surface area contributed by atoms with Gasteiger partial charge in [0, 0.05) is 12.2 Å². The zero-order valence-electron chi connectivity index (χ0n) is 29.7. The van der Waals surface area contributed by atoms with Crippen LogP contribution in [-0.2, 0) is 19.1 Å². The first kappa shape index (κ1) is 65.7. The van der Waals surface area contributed by atoms with E-state index in [-0.39, 0.29) is 0 Å². The van der Waals surface area contributed by atoms with Crippen molar-refractivity contribution in [3.8, 4) is 0 Å². The smallest absolute Gasteiger partial charge is 0.393 e. The Morgan fingerprint density at radius 2 is 0.314 bits per heavy atom. The Balaban J connectivity index is 7.00. The number of carbonyl (C=O) groups excluding carboxylic acids is 2. The lowest BCUT2D eigenvalue weighted by Gasteiger charge is -2.44. The molecule has 0 aromatic carbocycles. The molecule has 416 valence electrons. The van der Waals surface area contributed by atoms with Crippen molar-refractivity contribution < 1.29 is 203 Å². The molecular weight excluding hydrogens is 1150 g/mol. The van der Waals surface area contributed by atoms with Crippen molar-refractivity contribution in [3.63, 3.8) is 0 Å². The van der Waals surface area contributed by atoms with Crippen molar-refractivity contribution >= 4 is 11.9 Å². The van der Waals surface area contributed by atoms with Gasteiger partial charge in [-0.25, -0.2) is 9.59 Å². The van der Waals surface area contributed by atoms with E-state index >= 15 is 0 Å². The normalized spacial score (nSPS) is 16.8. The number of hydrogen-bond acceptors (Lipinski definition) is 4. The Hall–Kier alpha value is -4.26. The molecule has 0 aromatic heterocycles. The van der Waals surface area contributed by atoms with Crippen LogP contribution in [0.3, 0.4) is 0 Å². The molecule has 0 amide bonds. The van der Waals surface area contributed by atoms with E-state index in [1.807, 2.05) is 0 Å². The minimum Gasteiger partial charge on any atom is -0.393 e. The molecule has 46 heteroatoms. The molecule has 0 unspecified atom stereocenters.